The lowest BCUT2D eigenvalue weighted by atomic mass is 9.50. The predicted molar refractivity (Wildman–Crippen MR) is 49.1 cm³/mol. The van der Waals surface area contributed by atoms with E-state index in [1.807, 2.05) is 0 Å². The highest BCUT2D eigenvalue weighted by Crippen LogP contribution is 2.59. The summed E-state index contributed by atoms with van der Waals surface area (Å²) >= 11 is 0. The average Bonchev–Trinajstić information content (AvgIpc) is 2.00. The second-order valence-electron chi connectivity index (χ2n) is 4.14. The first-order valence-corrected chi connectivity index (χ1v) is 4.04. The van der Waals surface area contributed by atoms with Gasteiger partial charge in [0.05, 0.1) is 5.41 Å². The SMILES string of the molecule is C#CC1(C)C(C)=C(C)C1(C)C. The standard InChI is InChI=1S/C11H16/c1-7-11(6)9(3)8(2)10(11,4)5/h1H,2-6H3. The number of hydrogen-bond acceptors (Lipinski definition) is 0. The molecular weight excluding hydrogens is 132 g/mol. The van der Waals surface area contributed by atoms with Gasteiger partial charge in [0.15, 0.2) is 0 Å². The number of rotatable bonds is 0. The first-order valence-electron chi connectivity index (χ1n) is 4.04. The molecule has 0 aromatic rings. The maximum atomic E-state index is 5.51. The molecule has 0 fully saturated rings. The lowest BCUT2D eigenvalue weighted by Gasteiger charge is -2.53. The first-order chi connectivity index (χ1) is 4.88. The Morgan fingerprint density at radius 3 is 1.73 bits per heavy atom. The zero-order valence-electron chi connectivity index (χ0n) is 8.08. The molecule has 60 valence electrons. The Bertz CT molecular complexity index is 260. The zero-order chi connectivity index (χ0) is 8.86. The molecule has 0 bridgehead atoms. The molecule has 1 atom stereocenters. The van der Waals surface area contributed by atoms with E-state index < -0.39 is 0 Å². The fourth-order valence-corrected chi connectivity index (χ4v) is 1.91. The van der Waals surface area contributed by atoms with Gasteiger partial charge >= 0.3 is 0 Å². The zero-order valence-corrected chi connectivity index (χ0v) is 8.08. The molecule has 0 radical (unpaired) electrons. The normalized spacial score (nSPS) is 34.5. The maximum absolute atomic E-state index is 5.51. The Balaban J connectivity index is 3.21. The van der Waals surface area contributed by atoms with Crippen LogP contribution in [-0.4, -0.2) is 0 Å². The van der Waals surface area contributed by atoms with Gasteiger partial charge < -0.3 is 0 Å². The highest BCUT2D eigenvalue weighted by molar-refractivity contribution is 5.46. The molecule has 0 aliphatic heterocycles. The fourth-order valence-electron chi connectivity index (χ4n) is 1.91. The van der Waals surface area contributed by atoms with Crippen molar-refractivity contribution in [3.8, 4) is 12.3 Å². The van der Waals surface area contributed by atoms with Crippen LogP contribution in [0.25, 0.3) is 0 Å². The third-order valence-electron chi connectivity index (χ3n) is 3.79. The molecule has 0 heterocycles. The Kier molecular flexibility index (Phi) is 1.46. The van der Waals surface area contributed by atoms with E-state index in [-0.39, 0.29) is 10.8 Å². The van der Waals surface area contributed by atoms with Crippen LogP contribution in [0.1, 0.15) is 34.6 Å². The summed E-state index contributed by atoms with van der Waals surface area (Å²) < 4.78 is 0. The minimum Gasteiger partial charge on any atom is -0.119 e. The quantitative estimate of drug-likeness (QED) is 0.366. The second-order valence-corrected chi connectivity index (χ2v) is 4.14. The third kappa shape index (κ3) is 0.665. The van der Waals surface area contributed by atoms with E-state index in [9.17, 15) is 0 Å². The fraction of sp³-hybridized carbons (Fsp3) is 0.636. The van der Waals surface area contributed by atoms with Gasteiger partial charge in [-0.3, -0.25) is 0 Å². The van der Waals surface area contributed by atoms with Crippen molar-refractivity contribution in [3.63, 3.8) is 0 Å². The highest BCUT2D eigenvalue weighted by atomic mass is 14.5. The molecule has 0 N–H and O–H groups in total. The molecule has 0 aromatic heterocycles. The van der Waals surface area contributed by atoms with E-state index >= 15 is 0 Å². The molecule has 1 unspecified atom stereocenters. The van der Waals surface area contributed by atoms with Crippen molar-refractivity contribution >= 4 is 0 Å². The van der Waals surface area contributed by atoms with E-state index in [4.69, 9.17) is 6.42 Å². The Morgan fingerprint density at radius 1 is 1.09 bits per heavy atom. The number of terminal acetylenes is 1. The van der Waals surface area contributed by atoms with Crippen molar-refractivity contribution < 1.29 is 0 Å². The van der Waals surface area contributed by atoms with Gasteiger partial charge in [0.1, 0.15) is 0 Å². The van der Waals surface area contributed by atoms with Gasteiger partial charge in [0, 0.05) is 5.41 Å². The summed E-state index contributed by atoms with van der Waals surface area (Å²) in [6.07, 6.45) is 5.51. The van der Waals surface area contributed by atoms with Crippen LogP contribution in [0.2, 0.25) is 0 Å². The number of allylic oxidation sites excluding steroid dienone is 2. The van der Waals surface area contributed by atoms with Gasteiger partial charge in [-0.05, 0) is 20.8 Å². The minimum absolute atomic E-state index is 0.00289. The molecule has 0 amide bonds. The molecule has 1 rings (SSSR count). The Hall–Kier alpha value is -0.700. The van der Waals surface area contributed by atoms with E-state index in [2.05, 4.69) is 40.5 Å². The van der Waals surface area contributed by atoms with Crippen LogP contribution in [0.15, 0.2) is 11.1 Å². The largest absolute Gasteiger partial charge is 0.119 e. The average molecular weight is 148 g/mol. The highest BCUT2D eigenvalue weighted by Gasteiger charge is 2.51. The molecule has 0 aromatic carbocycles. The van der Waals surface area contributed by atoms with Crippen molar-refractivity contribution in [2.45, 2.75) is 34.6 Å². The van der Waals surface area contributed by atoms with Crippen LogP contribution in [0.4, 0.5) is 0 Å². The first kappa shape index (κ1) is 8.40. The van der Waals surface area contributed by atoms with E-state index in [0.29, 0.717) is 0 Å². The van der Waals surface area contributed by atoms with Gasteiger partial charge in [0.2, 0.25) is 0 Å². The van der Waals surface area contributed by atoms with Crippen LogP contribution in [-0.2, 0) is 0 Å². The summed E-state index contributed by atoms with van der Waals surface area (Å²) in [6.45, 7) is 10.9. The molecule has 0 heteroatoms. The van der Waals surface area contributed by atoms with Gasteiger partial charge in [-0.15, -0.1) is 6.42 Å². The molecule has 1 aliphatic carbocycles. The molecular formula is C11H16. The van der Waals surface area contributed by atoms with Gasteiger partial charge in [0.25, 0.3) is 0 Å². The summed E-state index contributed by atoms with van der Waals surface area (Å²) in [7, 11) is 0. The van der Waals surface area contributed by atoms with Crippen molar-refractivity contribution in [2.75, 3.05) is 0 Å². The van der Waals surface area contributed by atoms with Gasteiger partial charge in [-0.25, -0.2) is 0 Å². The van der Waals surface area contributed by atoms with Crippen LogP contribution in [0.5, 0.6) is 0 Å². The van der Waals surface area contributed by atoms with Crippen molar-refractivity contribution in [1.29, 1.82) is 0 Å². The molecule has 1 aliphatic rings. The Labute approximate surface area is 69.7 Å². The lowest BCUT2D eigenvalue weighted by molar-refractivity contribution is 0.188. The summed E-state index contributed by atoms with van der Waals surface area (Å²) in [5.74, 6) is 2.89. The number of hydrogen-bond donors (Lipinski definition) is 0. The maximum Gasteiger partial charge on any atom is 0.0580 e. The van der Waals surface area contributed by atoms with E-state index in [1.165, 1.54) is 11.1 Å². The monoisotopic (exact) mass is 148 g/mol. The van der Waals surface area contributed by atoms with E-state index in [0.717, 1.165) is 0 Å². The molecule has 0 saturated heterocycles. The van der Waals surface area contributed by atoms with Crippen LogP contribution in [0.3, 0.4) is 0 Å². The van der Waals surface area contributed by atoms with Crippen LogP contribution in [0, 0.1) is 23.2 Å². The van der Waals surface area contributed by atoms with Crippen molar-refractivity contribution in [2.24, 2.45) is 10.8 Å². The predicted octanol–water partition coefficient (Wildman–Crippen LogP) is 3.00. The third-order valence-corrected chi connectivity index (χ3v) is 3.79. The van der Waals surface area contributed by atoms with Crippen molar-refractivity contribution in [1.82, 2.24) is 0 Å². The molecule has 11 heavy (non-hydrogen) atoms. The Morgan fingerprint density at radius 2 is 1.55 bits per heavy atom. The summed E-state index contributed by atoms with van der Waals surface area (Å²) in [5.41, 5.74) is 3.03. The van der Waals surface area contributed by atoms with Crippen LogP contribution < -0.4 is 0 Å². The van der Waals surface area contributed by atoms with Crippen LogP contribution >= 0.6 is 0 Å². The summed E-state index contributed by atoms with van der Waals surface area (Å²) in [6, 6.07) is 0. The van der Waals surface area contributed by atoms with E-state index in [1.54, 1.807) is 0 Å². The van der Waals surface area contributed by atoms with Gasteiger partial charge in [-0.2, -0.15) is 0 Å². The summed E-state index contributed by atoms with van der Waals surface area (Å²) in [5, 5.41) is 0. The molecule has 0 nitrogen and oxygen atoms in total. The smallest absolute Gasteiger partial charge is 0.0580 e. The topological polar surface area (TPSA) is 0 Å². The second kappa shape index (κ2) is 1.91. The molecule has 0 spiro atoms. The minimum atomic E-state index is -0.00289. The lowest BCUT2D eigenvalue weighted by Crippen LogP contribution is -2.45. The molecule has 0 saturated carbocycles. The summed E-state index contributed by atoms with van der Waals surface area (Å²) in [4.78, 5) is 0. The van der Waals surface area contributed by atoms with Gasteiger partial charge in [-0.1, -0.05) is 30.9 Å². The van der Waals surface area contributed by atoms with Crippen molar-refractivity contribution in [3.05, 3.63) is 11.1 Å².